The maximum Gasteiger partial charge on any atom is 0.257 e. The highest BCUT2D eigenvalue weighted by molar-refractivity contribution is 6.05. The molecule has 150 valence electrons. The summed E-state index contributed by atoms with van der Waals surface area (Å²) in [5.74, 6) is 0.666. The lowest BCUT2D eigenvalue weighted by atomic mass is 10.0. The SMILES string of the molecule is CCc1cccc(CC)c1NC(=O)c1cncc(NCc2ccccc2OC)c1. The van der Waals surface area contributed by atoms with Crippen LogP contribution in [-0.2, 0) is 19.4 Å². The van der Waals surface area contributed by atoms with Gasteiger partial charge in [-0.15, -0.1) is 0 Å². The summed E-state index contributed by atoms with van der Waals surface area (Å²) in [6.45, 7) is 4.76. The predicted octanol–water partition coefficient (Wildman–Crippen LogP) is 5.08. The molecule has 0 saturated carbocycles. The highest BCUT2D eigenvalue weighted by Crippen LogP contribution is 2.24. The van der Waals surface area contributed by atoms with Gasteiger partial charge in [0.15, 0.2) is 0 Å². The van der Waals surface area contributed by atoms with E-state index in [0.29, 0.717) is 12.1 Å². The zero-order chi connectivity index (χ0) is 20.6. The van der Waals surface area contributed by atoms with Crippen LogP contribution in [0.1, 0.15) is 40.9 Å². The van der Waals surface area contributed by atoms with Crippen molar-refractivity contribution in [2.75, 3.05) is 17.7 Å². The number of aromatic nitrogens is 1. The lowest BCUT2D eigenvalue weighted by Crippen LogP contribution is -2.15. The molecule has 0 atom stereocenters. The number of anilines is 2. The first-order valence-corrected chi connectivity index (χ1v) is 9.89. The number of ether oxygens (including phenoxy) is 1. The third kappa shape index (κ3) is 4.93. The molecule has 0 aliphatic carbocycles. The first-order chi connectivity index (χ1) is 14.2. The van der Waals surface area contributed by atoms with E-state index in [0.717, 1.165) is 46.7 Å². The molecule has 0 spiro atoms. The number of hydrogen-bond acceptors (Lipinski definition) is 4. The largest absolute Gasteiger partial charge is 0.496 e. The van der Waals surface area contributed by atoms with Crippen molar-refractivity contribution >= 4 is 17.3 Å². The molecule has 0 aliphatic heterocycles. The lowest BCUT2D eigenvalue weighted by Gasteiger charge is -2.15. The third-order valence-electron chi connectivity index (χ3n) is 4.91. The summed E-state index contributed by atoms with van der Waals surface area (Å²) in [7, 11) is 1.66. The summed E-state index contributed by atoms with van der Waals surface area (Å²) in [6, 6.07) is 15.8. The van der Waals surface area contributed by atoms with Crippen molar-refractivity contribution in [2.45, 2.75) is 33.2 Å². The minimum atomic E-state index is -0.158. The molecule has 3 aromatic rings. The van der Waals surface area contributed by atoms with Gasteiger partial charge in [0.25, 0.3) is 5.91 Å². The molecule has 0 unspecified atom stereocenters. The lowest BCUT2D eigenvalue weighted by molar-refractivity contribution is 0.102. The Hall–Kier alpha value is -3.34. The molecule has 5 nitrogen and oxygen atoms in total. The maximum absolute atomic E-state index is 12.9. The van der Waals surface area contributed by atoms with Gasteiger partial charge in [0, 0.05) is 30.2 Å². The average molecular weight is 389 g/mol. The standard InChI is InChI=1S/C24H27N3O2/c1-4-17-10-8-11-18(5-2)23(17)27-24(28)20-13-21(16-25-14-20)26-15-19-9-6-7-12-22(19)29-3/h6-14,16,26H,4-5,15H2,1-3H3,(H,27,28). The van der Waals surface area contributed by atoms with E-state index in [1.54, 1.807) is 19.5 Å². The highest BCUT2D eigenvalue weighted by atomic mass is 16.5. The second-order valence-corrected chi connectivity index (χ2v) is 6.74. The number of rotatable bonds is 8. The van der Waals surface area contributed by atoms with Crippen LogP contribution in [0.2, 0.25) is 0 Å². The second-order valence-electron chi connectivity index (χ2n) is 6.74. The second kappa shape index (κ2) is 9.73. The number of nitrogens with one attached hydrogen (secondary N) is 2. The number of amides is 1. The molecular formula is C24H27N3O2. The fourth-order valence-electron chi connectivity index (χ4n) is 3.30. The fourth-order valence-corrected chi connectivity index (χ4v) is 3.30. The Morgan fingerprint density at radius 1 is 0.966 bits per heavy atom. The van der Waals surface area contributed by atoms with Crippen LogP contribution in [0.4, 0.5) is 11.4 Å². The fraction of sp³-hybridized carbons (Fsp3) is 0.250. The number of nitrogens with zero attached hydrogens (tertiary/aromatic N) is 1. The topological polar surface area (TPSA) is 63.2 Å². The number of carbonyl (C=O) groups is 1. The quantitative estimate of drug-likeness (QED) is 0.564. The molecule has 2 N–H and O–H groups in total. The van der Waals surface area contributed by atoms with E-state index >= 15 is 0 Å². The van der Waals surface area contributed by atoms with E-state index in [-0.39, 0.29) is 5.91 Å². The average Bonchev–Trinajstić information content (AvgIpc) is 2.78. The van der Waals surface area contributed by atoms with E-state index in [2.05, 4.69) is 41.6 Å². The van der Waals surface area contributed by atoms with Gasteiger partial charge < -0.3 is 15.4 Å². The number of carbonyl (C=O) groups excluding carboxylic acids is 1. The minimum Gasteiger partial charge on any atom is -0.496 e. The van der Waals surface area contributed by atoms with Crippen LogP contribution >= 0.6 is 0 Å². The van der Waals surface area contributed by atoms with Crippen LogP contribution in [0.15, 0.2) is 60.9 Å². The van der Waals surface area contributed by atoms with Gasteiger partial charge >= 0.3 is 0 Å². The minimum absolute atomic E-state index is 0.158. The Kier molecular flexibility index (Phi) is 6.85. The monoisotopic (exact) mass is 389 g/mol. The van der Waals surface area contributed by atoms with Gasteiger partial charge in [-0.3, -0.25) is 9.78 Å². The predicted molar refractivity (Wildman–Crippen MR) is 118 cm³/mol. The molecule has 5 heteroatoms. The molecule has 0 fully saturated rings. The number of hydrogen-bond donors (Lipinski definition) is 2. The molecule has 0 aliphatic rings. The van der Waals surface area contributed by atoms with E-state index in [9.17, 15) is 4.79 Å². The molecule has 1 amide bonds. The molecule has 0 radical (unpaired) electrons. The van der Waals surface area contributed by atoms with Crippen LogP contribution < -0.4 is 15.4 Å². The van der Waals surface area contributed by atoms with E-state index in [4.69, 9.17) is 4.74 Å². The first-order valence-electron chi connectivity index (χ1n) is 9.89. The molecule has 0 saturated heterocycles. The molecule has 0 bridgehead atoms. The molecule has 3 rings (SSSR count). The van der Waals surface area contributed by atoms with Crippen LogP contribution in [0, 0.1) is 0 Å². The zero-order valence-electron chi connectivity index (χ0n) is 17.2. The van der Waals surface area contributed by atoms with Crippen LogP contribution in [0.3, 0.4) is 0 Å². The van der Waals surface area contributed by atoms with Gasteiger partial charge in [-0.25, -0.2) is 0 Å². The third-order valence-corrected chi connectivity index (χ3v) is 4.91. The number of methoxy groups -OCH3 is 1. The van der Waals surface area contributed by atoms with Gasteiger partial charge in [-0.2, -0.15) is 0 Å². The zero-order valence-corrected chi connectivity index (χ0v) is 17.2. The van der Waals surface area contributed by atoms with Gasteiger partial charge in [-0.05, 0) is 36.1 Å². The Balaban J connectivity index is 1.75. The number of para-hydroxylation sites is 2. The summed E-state index contributed by atoms with van der Waals surface area (Å²) in [4.78, 5) is 17.1. The number of pyridine rings is 1. The van der Waals surface area contributed by atoms with Crippen molar-refractivity contribution in [2.24, 2.45) is 0 Å². The molecule has 1 aromatic heterocycles. The summed E-state index contributed by atoms with van der Waals surface area (Å²) >= 11 is 0. The van der Waals surface area contributed by atoms with Gasteiger partial charge in [-0.1, -0.05) is 50.2 Å². The van der Waals surface area contributed by atoms with Crippen LogP contribution in [0.5, 0.6) is 5.75 Å². The summed E-state index contributed by atoms with van der Waals surface area (Å²) in [5, 5.41) is 6.41. The van der Waals surface area contributed by atoms with E-state index in [1.165, 1.54) is 0 Å². The number of benzene rings is 2. The molecule has 29 heavy (non-hydrogen) atoms. The van der Waals surface area contributed by atoms with E-state index < -0.39 is 0 Å². The Labute approximate surface area is 172 Å². The molecule has 1 heterocycles. The highest BCUT2D eigenvalue weighted by Gasteiger charge is 2.13. The van der Waals surface area contributed by atoms with Crippen molar-refractivity contribution in [3.63, 3.8) is 0 Å². The maximum atomic E-state index is 12.9. The van der Waals surface area contributed by atoms with Crippen molar-refractivity contribution < 1.29 is 9.53 Å². The van der Waals surface area contributed by atoms with Crippen molar-refractivity contribution in [3.8, 4) is 5.75 Å². The van der Waals surface area contributed by atoms with Gasteiger partial charge in [0.05, 0.1) is 18.4 Å². The Morgan fingerprint density at radius 2 is 1.66 bits per heavy atom. The normalized spacial score (nSPS) is 10.4. The summed E-state index contributed by atoms with van der Waals surface area (Å²) < 4.78 is 5.39. The van der Waals surface area contributed by atoms with Crippen LogP contribution in [0.25, 0.3) is 0 Å². The van der Waals surface area contributed by atoms with Crippen molar-refractivity contribution in [1.29, 1.82) is 0 Å². The Morgan fingerprint density at radius 3 is 2.34 bits per heavy atom. The molecule has 2 aromatic carbocycles. The smallest absolute Gasteiger partial charge is 0.257 e. The Bertz CT molecular complexity index is 963. The summed E-state index contributed by atoms with van der Waals surface area (Å²) in [5.41, 5.74) is 5.52. The van der Waals surface area contributed by atoms with Crippen molar-refractivity contribution in [1.82, 2.24) is 4.98 Å². The van der Waals surface area contributed by atoms with Gasteiger partial charge in [0.1, 0.15) is 5.75 Å². The summed E-state index contributed by atoms with van der Waals surface area (Å²) in [6.07, 6.45) is 5.03. The number of aryl methyl sites for hydroxylation is 2. The van der Waals surface area contributed by atoms with Crippen molar-refractivity contribution in [3.05, 3.63) is 83.2 Å². The van der Waals surface area contributed by atoms with Gasteiger partial charge in [0.2, 0.25) is 0 Å². The molecular weight excluding hydrogens is 362 g/mol. The van der Waals surface area contributed by atoms with Crippen LogP contribution in [-0.4, -0.2) is 18.0 Å². The van der Waals surface area contributed by atoms with E-state index in [1.807, 2.05) is 36.4 Å². The first kappa shape index (κ1) is 20.4.